The average molecular weight is 201 g/mol. The molecule has 0 aliphatic heterocycles. The maximum absolute atomic E-state index is 4.33. The van der Waals surface area contributed by atoms with E-state index in [0.717, 1.165) is 11.8 Å². The summed E-state index contributed by atoms with van der Waals surface area (Å²) < 4.78 is 0. The Kier molecular flexibility index (Phi) is 1.92. The van der Waals surface area contributed by atoms with Crippen LogP contribution in [0.4, 0.5) is 0 Å². The topological polar surface area (TPSA) is 12.9 Å². The summed E-state index contributed by atoms with van der Waals surface area (Å²) in [6, 6.07) is 2.23. The fourth-order valence-corrected chi connectivity index (χ4v) is 3.62. The van der Waals surface area contributed by atoms with Gasteiger partial charge in [-0.2, -0.15) is 0 Å². The van der Waals surface area contributed by atoms with E-state index in [1.54, 1.807) is 11.1 Å². The third-order valence-corrected chi connectivity index (χ3v) is 4.46. The molecule has 1 aromatic heterocycles. The molecule has 1 spiro atoms. The van der Waals surface area contributed by atoms with Gasteiger partial charge in [0.05, 0.1) is 0 Å². The molecule has 1 fully saturated rings. The van der Waals surface area contributed by atoms with Crippen molar-refractivity contribution in [2.45, 2.75) is 44.9 Å². The highest BCUT2D eigenvalue weighted by Crippen LogP contribution is 2.62. The van der Waals surface area contributed by atoms with Crippen LogP contribution in [-0.4, -0.2) is 4.98 Å². The molecule has 0 amide bonds. The van der Waals surface area contributed by atoms with Crippen molar-refractivity contribution in [1.82, 2.24) is 4.98 Å². The second-order valence-corrected chi connectivity index (χ2v) is 5.60. The molecule has 1 saturated carbocycles. The molecule has 1 nitrogen and oxygen atoms in total. The predicted octanol–water partition coefficient (Wildman–Crippen LogP) is 3.33. The van der Waals surface area contributed by atoms with Gasteiger partial charge in [0.25, 0.3) is 0 Å². The average Bonchev–Trinajstić information content (AvgIpc) is 2.95. The monoisotopic (exact) mass is 201 g/mol. The van der Waals surface area contributed by atoms with Crippen LogP contribution in [0.2, 0.25) is 0 Å². The van der Waals surface area contributed by atoms with E-state index in [2.05, 4.69) is 31.1 Å². The van der Waals surface area contributed by atoms with Crippen molar-refractivity contribution in [2.75, 3.05) is 0 Å². The second kappa shape index (κ2) is 3.07. The molecule has 3 rings (SSSR count). The molecule has 2 atom stereocenters. The highest BCUT2D eigenvalue weighted by Gasteiger charge is 2.57. The van der Waals surface area contributed by atoms with Gasteiger partial charge >= 0.3 is 0 Å². The first-order valence-electron chi connectivity index (χ1n) is 6.17. The third-order valence-electron chi connectivity index (χ3n) is 4.46. The Hall–Kier alpha value is -0.850. The van der Waals surface area contributed by atoms with E-state index in [0.29, 0.717) is 5.41 Å². The Labute approximate surface area is 91.9 Å². The van der Waals surface area contributed by atoms with Gasteiger partial charge in [-0.15, -0.1) is 0 Å². The molecule has 2 aliphatic rings. The lowest BCUT2D eigenvalue weighted by atomic mass is 9.78. The molecule has 1 heterocycles. The lowest BCUT2D eigenvalue weighted by Gasteiger charge is -2.27. The van der Waals surface area contributed by atoms with E-state index in [4.69, 9.17) is 0 Å². The van der Waals surface area contributed by atoms with Crippen LogP contribution in [0.1, 0.15) is 44.2 Å². The van der Waals surface area contributed by atoms with Gasteiger partial charge in [-0.05, 0) is 54.7 Å². The van der Waals surface area contributed by atoms with Crippen molar-refractivity contribution < 1.29 is 0 Å². The predicted molar refractivity (Wildman–Crippen MR) is 61.8 cm³/mol. The van der Waals surface area contributed by atoms with Crippen molar-refractivity contribution in [1.29, 1.82) is 0 Å². The summed E-state index contributed by atoms with van der Waals surface area (Å²) in [4.78, 5) is 4.33. The standard InChI is InChI=1S/C14H19N/c1-10(2)12-8-14(12)6-3-4-11-5-7-15-9-13(11)14/h5,7,9-10,12H,3-4,6,8H2,1-2H3. The van der Waals surface area contributed by atoms with Gasteiger partial charge in [0.15, 0.2) is 0 Å². The molecular weight excluding hydrogens is 182 g/mol. The van der Waals surface area contributed by atoms with Gasteiger partial charge in [-0.25, -0.2) is 0 Å². The minimum atomic E-state index is 0.538. The first-order chi connectivity index (χ1) is 7.24. The molecule has 1 aromatic rings. The van der Waals surface area contributed by atoms with E-state index in [9.17, 15) is 0 Å². The van der Waals surface area contributed by atoms with Gasteiger partial charge < -0.3 is 0 Å². The van der Waals surface area contributed by atoms with Crippen molar-refractivity contribution in [3.8, 4) is 0 Å². The number of nitrogens with zero attached hydrogens (tertiary/aromatic N) is 1. The lowest BCUT2D eigenvalue weighted by Crippen LogP contribution is -2.20. The molecule has 0 aromatic carbocycles. The molecule has 0 N–H and O–H groups in total. The Bertz CT molecular complexity index is 383. The first kappa shape index (κ1) is 9.38. The maximum Gasteiger partial charge on any atom is 0.0308 e. The number of aromatic nitrogens is 1. The fraction of sp³-hybridized carbons (Fsp3) is 0.643. The number of pyridine rings is 1. The lowest BCUT2D eigenvalue weighted by molar-refractivity contribution is 0.431. The number of aryl methyl sites for hydroxylation is 1. The Morgan fingerprint density at radius 1 is 1.47 bits per heavy atom. The summed E-state index contributed by atoms with van der Waals surface area (Å²) in [7, 11) is 0. The highest BCUT2D eigenvalue weighted by molar-refractivity contribution is 5.40. The summed E-state index contributed by atoms with van der Waals surface area (Å²) >= 11 is 0. The molecular formula is C14H19N. The summed E-state index contributed by atoms with van der Waals surface area (Å²) in [5.41, 5.74) is 3.69. The van der Waals surface area contributed by atoms with Crippen LogP contribution in [0.15, 0.2) is 18.5 Å². The summed E-state index contributed by atoms with van der Waals surface area (Å²) in [6.07, 6.45) is 9.53. The first-order valence-corrected chi connectivity index (χ1v) is 6.17. The Balaban J connectivity index is 2.01. The zero-order chi connectivity index (χ0) is 10.5. The fourth-order valence-electron chi connectivity index (χ4n) is 3.62. The molecule has 15 heavy (non-hydrogen) atoms. The number of hydrogen-bond acceptors (Lipinski definition) is 1. The molecule has 80 valence electrons. The normalized spacial score (nSPS) is 33.1. The molecule has 0 radical (unpaired) electrons. The quantitative estimate of drug-likeness (QED) is 0.679. The molecule has 1 heteroatoms. The third kappa shape index (κ3) is 1.25. The van der Waals surface area contributed by atoms with Crippen molar-refractivity contribution in [2.24, 2.45) is 11.8 Å². The van der Waals surface area contributed by atoms with Crippen LogP contribution in [0.3, 0.4) is 0 Å². The van der Waals surface area contributed by atoms with E-state index in [1.807, 2.05) is 6.20 Å². The van der Waals surface area contributed by atoms with Crippen molar-refractivity contribution >= 4 is 0 Å². The molecule has 0 bridgehead atoms. The second-order valence-electron chi connectivity index (χ2n) is 5.60. The minimum Gasteiger partial charge on any atom is -0.264 e. The zero-order valence-electron chi connectivity index (χ0n) is 9.66. The van der Waals surface area contributed by atoms with Crippen LogP contribution < -0.4 is 0 Å². The number of rotatable bonds is 1. The minimum absolute atomic E-state index is 0.538. The Morgan fingerprint density at radius 2 is 2.33 bits per heavy atom. The van der Waals surface area contributed by atoms with E-state index < -0.39 is 0 Å². The van der Waals surface area contributed by atoms with Crippen molar-refractivity contribution in [3.05, 3.63) is 29.6 Å². The van der Waals surface area contributed by atoms with E-state index in [1.165, 1.54) is 25.7 Å². The van der Waals surface area contributed by atoms with Gasteiger partial charge in [0, 0.05) is 17.8 Å². The van der Waals surface area contributed by atoms with Gasteiger partial charge in [-0.1, -0.05) is 13.8 Å². The molecule has 0 saturated heterocycles. The van der Waals surface area contributed by atoms with Crippen LogP contribution in [-0.2, 0) is 11.8 Å². The van der Waals surface area contributed by atoms with Crippen molar-refractivity contribution in [3.63, 3.8) is 0 Å². The van der Waals surface area contributed by atoms with Gasteiger partial charge in [0.2, 0.25) is 0 Å². The highest BCUT2D eigenvalue weighted by atomic mass is 14.7. The smallest absolute Gasteiger partial charge is 0.0308 e. The summed E-state index contributed by atoms with van der Waals surface area (Å²) in [5, 5.41) is 0. The number of fused-ring (bicyclic) bond motifs is 2. The van der Waals surface area contributed by atoms with Crippen LogP contribution in [0.25, 0.3) is 0 Å². The zero-order valence-corrected chi connectivity index (χ0v) is 9.66. The Morgan fingerprint density at radius 3 is 3.07 bits per heavy atom. The summed E-state index contributed by atoms with van der Waals surface area (Å²) in [5.74, 6) is 1.75. The van der Waals surface area contributed by atoms with Gasteiger partial charge in [-0.3, -0.25) is 4.98 Å². The number of hydrogen-bond donors (Lipinski definition) is 0. The van der Waals surface area contributed by atoms with Crippen LogP contribution in [0.5, 0.6) is 0 Å². The summed E-state index contributed by atoms with van der Waals surface area (Å²) in [6.45, 7) is 4.73. The van der Waals surface area contributed by atoms with Crippen LogP contribution in [0, 0.1) is 11.8 Å². The SMILES string of the molecule is CC(C)C1CC12CCCc1ccncc12. The van der Waals surface area contributed by atoms with Gasteiger partial charge in [0.1, 0.15) is 0 Å². The molecule has 2 unspecified atom stereocenters. The molecule has 2 aliphatic carbocycles. The van der Waals surface area contributed by atoms with Crippen LogP contribution >= 0.6 is 0 Å². The maximum atomic E-state index is 4.33. The van der Waals surface area contributed by atoms with E-state index in [-0.39, 0.29) is 0 Å². The van der Waals surface area contributed by atoms with E-state index >= 15 is 0 Å². The largest absolute Gasteiger partial charge is 0.264 e.